The van der Waals surface area contributed by atoms with Gasteiger partial charge in [-0.05, 0) is 17.2 Å². The van der Waals surface area contributed by atoms with Gasteiger partial charge in [0.05, 0.1) is 11.6 Å². The maximum Gasteiger partial charge on any atom is 0.408 e. The van der Waals surface area contributed by atoms with E-state index >= 15 is 0 Å². The molecule has 1 amide bonds. The number of carbonyl (C=O) groups is 2. The molecule has 0 radical (unpaired) electrons. The van der Waals surface area contributed by atoms with E-state index in [1.165, 1.54) is 0 Å². The van der Waals surface area contributed by atoms with Gasteiger partial charge < -0.3 is 14.8 Å². The Hall–Kier alpha value is -3.21. The monoisotopic (exact) mass is 334 g/mol. The number of pyridine rings is 1. The van der Waals surface area contributed by atoms with Crippen LogP contribution in [0.2, 0.25) is 0 Å². The molecule has 5 heteroatoms. The summed E-state index contributed by atoms with van der Waals surface area (Å²) < 4.78 is 5.16. The Kier molecular flexibility index (Phi) is 5.36. The van der Waals surface area contributed by atoms with E-state index in [0.717, 1.165) is 22.0 Å². The summed E-state index contributed by atoms with van der Waals surface area (Å²) >= 11 is 0. The van der Waals surface area contributed by atoms with Gasteiger partial charge in [0.15, 0.2) is 0 Å². The average Bonchev–Trinajstić information content (AvgIpc) is 2.67. The third kappa shape index (κ3) is 4.41. The summed E-state index contributed by atoms with van der Waals surface area (Å²) in [6, 6.07) is 18.3. The molecule has 1 atom stereocenters. The van der Waals surface area contributed by atoms with E-state index in [2.05, 4.69) is 10.3 Å². The molecule has 25 heavy (non-hydrogen) atoms. The van der Waals surface area contributed by atoms with Crippen molar-refractivity contribution < 1.29 is 14.3 Å². The van der Waals surface area contributed by atoms with Crippen LogP contribution in [0.1, 0.15) is 11.1 Å². The second-order valence-corrected chi connectivity index (χ2v) is 5.65. The Morgan fingerprint density at radius 2 is 1.88 bits per heavy atom. The Bertz CT molecular complexity index is 860. The van der Waals surface area contributed by atoms with Gasteiger partial charge in [-0.15, -0.1) is 0 Å². The number of aldehydes is 1. The van der Waals surface area contributed by atoms with Crippen LogP contribution in [-0.4, -0.2) is 23.4 Å². The van der Waals surface area contributed by atoms with Crippen molar-refractivity contribution in [3.63, 3.8) is 0 Å². The number of carbonyl (C=O) groups excluding carboxylic acids is 2. The lowest BCUT2D eigenvalue weighted by Gasteiger charge is -2.14. The van der Waals surface area contributed by atoms with Gasteiger partial charge in [-0.3, -0.25) is 4.98 Å². The van der Waals surface area contributed by atoms with Crippen molar-refractivity contribution in [1.82, 2.24) is 10.3 Å². The first-order chi connectivity index (χ1) is 12.3. The zero-order chi connectivity index (χ0) is 17.5. The molecule has 0 aliphatic carbocycles. The molecule has 0 aliphatic rings. The summed E-state index contributed by atoms with van der Waals surface area (Å²) in [5.41, 5.74) is 2.62. The van der Waals surface area contributed by atoms with E-state index in [0.29, 0.717) is 12.7 Å². The minimum Gasteiger partial charge on any atom is -0.445 e. The van der Waals surface area contributed by atoms with Crippen molar-refractivity contribution in [3.8, 4) is 0 Å². The van der Waals surface area contributed by atoms with Gasteiger partial charge in [0, 0.05) is 18.0 Å². The lowest BCUT2D eigenvalue weighted by Crippen LogP contribution is -2.38. The fraction of sp³-hybridized carbons (Fsp3) is 0.150. The number of hydrogen-bond donors (Lipinski definition) is 1. The van der Waals surface area contributed by atoms with Gasteiger partial charge in [-0.1, -0.05) is 54.6 Å². The van der Waals surface area contributed by atoms with Crippen molar-refractivity contribution >= 4 is 23.3 Å². The standard InChI is InChI=1S/C20H18N2O3/c23-13-18(22-20(24)25-14-15-6-2-1-3-7-15)12-17-9-4-8-16-10-5-11-21-19(16)17/h1-11,13,18H,12,14H2,(H,22,24)/t18-/m0/s1. The van der Waals surface area contributed by atoms with Crippen molar-refractivity contribution in [2.45, 2.75) is 19.1 Å². The van der Waals surface area contributed by atoms with E-state index < -0.39 is 12.1 Å². The Morgan fingerprint density at radius 1 is 1.08 bits per heavy atom. The number of aromatic nitrogens is 1. The van der Waals surface area contributed by atoms with Gasteiger partial charge >= 0.3 is 6.09 Å². The lowest BCUT2D eigenvalue weighted by atomic mass is 10.0. The lowest BCUT2D eigenvalue weighted by molar-refractivity contribution is -0.109. The van der Waals surface area contributed by atoms with Gasteiger partial charge in [0.25, 0.3) is 0 Å². The highest BCUT2D eigenvalue weighted by Gasteiger charge is 2.15. The quantitative estimate of drug-likeness (QED) is 0.703. The van der Waals surface area contributed by atoms with E-state index in [1.54, 1.807) is 6.20 Å². The smallest absolute Gasteiger partial charge is 0.408 e. The minimum absolute atomic E-state index is 0.161. The molecule has 3 aromatic rings. The number of amides is 1. The normalized spacial score (nSPS) is 11.7. The number of ether oxygens (including phenoxy) is 1. The molecule has 0 unspecified atom stereocenters. The highest BCUT2D eigenvalue weighted by Crippen LogP contribution is 2.17. The van der Waals surface area contributed by atoms with Crippen LogP contribution in [0.15, 0.2) is 66.9 Å². The fourth-order valence-corrected chi connectivity index (χ4v) is 2.62. The molecule has 0 saturated heterocycles. The predicted molar refractivity (Wildman–Crippen MR) is 95.1 cm³/mol. The number of fused-ring (bicyclic) bond motifs is 1. The highest BCUT2D eigenvalue weighted by atomic mass is 16.5. The first-order valence-electron chi connectivity index (χ1n) is 8.01. The van der Waals surface area contributed by atoms with Crippen LogP contribution in [0.3, 0.4) is 0 Å². The number of nitrogens with one attached hydrogen (secondary N) is 1. The molecule has 2 aromatic carbocycles. The molecule has 1 heterocycles. The fourth-order valence-electron chi connectivity index (χ4n) is 2.62. The molecule has 126 valence electrons. The van der Waals surface area contributed by atoms with Crippen LogP contribution in [0, 0.1) is 0 Å². The molecule has 5 nitrogen and oxygen atoms in total. The highest BCUT2D eigenvalue weighted by molar-refractivity contribution is 5.82. The predicted octanol–water partition coefficient (Wildman–Crippen LogP) is 3.27. The summed E-state index contributed by atoms with van der Waals surface area (Å²) in [4.78, 5) is 27.7. The Morgan fingerprint density at radius 3 is 2.68 bits per heavy atom. The zero-order valence-electron chi connectivity index (χ0n) is 13.6. The largest absolute Gasteiger partial charge is 0.445 e. The molecular weight excluding hydrogens is 316 g/mol. The minimum atomic E-state index is -0.670. The second-order valence-electron chi connectivity index (χ2n) is 5.65. The van der Waals surface area contributed by atoms with Crippen LogP contribution in [0.4, 0.5) is 4.79 Å². The van der Waals surface area contributed by atoms with Crippen LogP contribution in [0.25, 0.3) is 10.9 Å². The summed E-state index contributed by atoms with van der Waals surface area (Å²) in [6.07, 6.45) is 2.17. The van der Waals surface area contributed by atoms with E-state index in [-0.39, 0.29) is 6.61 Å². The first-order valence-corrected chi connectivity index (χ1v) is 8.01. The van der Waals surface area contributed by atoms with Gasteiger partial charge in [0.1, 0.15) is 12.9 Å². The van der Waals surface area contributed by atoms with Gasteiger partial charge in [-0.25, -0.2) is 4.79 Å². The number of rotatable bonds is 6. The van der Waals surface area contributed by atoms with Crippen LogP contribution in [0.5, 0.6) is 0 Å². The maximum atomic E-state index is 11.9. The maximum absolute atomic E-state index is 11.9. The van der Waals surface area contributed by atoms with Crippen LogP contribution >= 0.6 is 0 Å². The molecular formula is C20H18N2O3. The van der Waals surface area contributed by atoms with Crippen molar-refractivity contribution in [1.29, 1.82) is 0 Å². The number of para-hydroxylation sites is 1. The number of nitrogens with zero attached hydrogens (tertiary/aromatic N) is 1. The van der Waals surface area contributed by atoms with Crippen LogP contribution in [-0.2, 0) is 22.6 Å². The van der Waals surface area contributed by atoms with Crippen molar-refractivity contribution in [3.05, 3.63) is 78.0 Å². The molecule has 0 saturated carbocycles. The molecule has 0 aliphatic heterocycles. The topological polar surface area (TPSA) is 68.3 Å². The number of alkyl carbamates (subject to hydrolysis) is 1. The summed E-state index contributed by atoms with van der Waals surface area (Å²) in [7, 11) is 0. The molecule has 0 bridgehead atoms. The number of benzene rings is 2. The zero-order valence-corrected chi connectivity index (χ0v) is 13.6. The third-order valence-electron chi connectivity index (χ3n) is 3.84. The first kappa shape index (κ1) is 16.6. The molecule has 0 fully saturated rings. The SMILES string of the molecule is O=C[C@H](Cc1cccc2cccnc12)NC(=O)OCc1ccccc1. The Labute approximate surface area is 145 Å². The summed E-state index contributed by atoms with van der Waals surface area (Å²) in [6.45, 7) is 0.161. The third-order valence-corrected chi connectivity index (χ3v) is 3.84. The van der Waals surface area contributed by atoms with E-state index in [9.17, 15) is 9.59 Å². The average molecular weight is 334 g/mol. The molecule has 3 rings (SSSR count). The number of hydrogen-bond acceptors (Lipinski definition) is 4. The van der Waals surface area contributed by atoms with E-state index in [4.69, 9.17) is 4.74 Å². The summed E-state index contributed by atoms with van der Waals surface area (Å²) in [5.74, 6) is 0. The molecule has 0 spiro atoms. The van der Waals surface area contributed by atoms with Gasteiger partial charge in [0.2, 0.25) is 0 Å². The van der Waals surface area contributed by atoms with Crippen LogP contribution < -0.4 is 5.32 Å². The molecule has 1 N–H and O–H groups in total. The molecule has 1 aromatic heterocycles. The van der Waals surface area contributed by atoms with Crippen molar-refractivity contribution in [2.75, 3.05) is 0 Å². The van der Waals surface area contributed by atoms with E-state index in [1.807, 2.05) is 60.7 Å². The van der Waals surface area contributed by atoms with Gasteiger partial charge in [-0.2, -0.15) is 0 Å². The Balaban J connectivity index is 1.62. The summed E-state index contributed by atoms with van der Waals surface area (Å²) in [5, 5.41) is 3.59. The van der Waals surface area contributed by atoms with Crippen molar-refractivity contribution in [2.24, 2.45) is 0 Å². The second kappa shape index (κ2) is 8.06.